The van der Waals surface area contributed by atoms with Crippen LogP contribution in [0.25, 0.3) is 0 Å². The van der Waals surface area contributed by atoms with E-state index in [1.165, 1.54) is 11.2 Å². The average Bonchev–Trinajstić information content (AvgIpc) is 3.37. The minimum absolute atomic E-state index is 0.0734. The van der Waals surface area contributed by atoms with Crippen LogP contribution in [0, 0.1) is 11.3 Å². The number of urea groups is 1. The monoisotopic (exact) mass is 387 g/mol. The second-order valence-corrected chi connectivity index (χ2v) is 6.46. The number of nitrogens with one attached hydrogen (secondary N) is 1. The van der Waals surface area contributed by atoms with Crippen molar-refractivity contribution in [2.45, 2.75) is 6.54 Å². The molecule has 144 valence electrons. The van der Waals surface area contributed by atoms with Crippen LogP contribution >= 0.6 is 0 Å². The Hall–Kier alpha value is -4.12. The van der Waals surface area contributed by atoms with Gasteiger partial charge in [-0.1, -0.05) is 36.4 Å². The number of benzene rings is 2. The summed E-state index contributed by atoms with van der Waals surface area (Å²) < 4.78 is 5.38. The van der Waals surface area contributed by atoms with E-state index in [2.05, 4.69) is 16.4 Å². The maximum atomic E-state index is 12.7. The molecular weight excluding hydrogens is 370 g/mol. The van der Waals surface area contributed by atoms with E-state index in [1.807, 2.05) is 30.3 Å². The number of aromatic nitrogens is 1. The van der Waals surface area contributed by atoms with Crippen LogP contribution in [0.4, 0.5) is 16.5 Å². The van der Waals surface area contributed by atoms with Gasteiger partial charge in [0.05, 0.1) is 11.6 Å². The highest BCUT2D eigenvalue weighted by Gasteiger charge is 2.33. The van der Waals surface area contributed by atoms with Crippen LogP contribution in [-0.2, 0) is 6.54 Å². The number of rotatable bonds is 5. The number of carbonyl (C=O) groups excluding carboxylic acids is 2. The lowest BCUT2D eigenvalue weighted by molar-refractivity contribution is 0.102. The van der Waals surface area contributed by atoms with Gasteiger partial charge in [0.2, 0.25) is 0 Å². The molecule has 2 aromatic carbocycles. The molecule has 8 nitrogen and oxygen atoms in total. The first-order valence-corrected chi connectivity index (χ1v) is 9.02. The second-order valence-electron chi connectivity index (χ2n) is 6.46. The van der Waals surface area contributed by atoms with Gasteiger partial charge in [0.1, 0.15) is 6.26 Å². The number of amides is 3. The van der Waals surface area contributed by atoms with E-state index in [-0.39, 0.29) is 17.7 Å². The highest BCUT2D eigenvalue weighted by Crippen LogP contribution is 2.22. The van der Waals surface area contributed by atoms with Crippen molar-refractivity contribution in [2.24, 2.45) is 0 Å². The third-order valence-corrected chi connectivity index (χ3v) is 4.58. The average molecular weight is 387 g/mol. The molecule has 0 unspecified atom stereocenters. The van der Waals surface area contributed by atoms with Crippen molar-refractivity contribution in [3.05, 3.63) is 77.7 Å². The van der Waals surface area contributed by atoms with Crippen LogP contribution in [-0.4, -0.2) is 34.9 Å². The molecule has 1 saturated heterocycles. The van der Waals surface area contributed by atoms with Gasteiger partial charge in [-0.05, 0) is 23.8 Å². The second kappa shape index (κ2) is 7.86. The summed E-state index contributed by atoms with van der Waals surface area (Å²) in [4.78, 5) is 32.2. The minimum atomic E-state index is -0.419. The van der Waals surface area contributed by atoms with E-state index in [4.69, 9.17) is 4.42 Å². The molecule has 3 amide bonds. The van der Waals surface area contributed by atoms with E-state index in [0.29, 0.717) is 30.9 Å². The molecule has 0 spiro atoms. The smallest absolute Gasteiger partial charge is 0.328 e. The van der Waals surface area contributed by atoms with Crippen LogP contribution in [0.3, 0.4) is 0 Å². The summed E-state index contributed by atoms with van der Waals surface area (Å²) in [6, 6.07) is 18.1. The Balaban J connectivity index is 1.44. The van der Waals surface area contributed by atoms with Crippen molar-refractivity contribution in [1.82, 2.24) is 9.88 Å². The van der Waals surface area contributed by atoms with Crippen molar-refractivity contribution in [1.29, 1.82) is 5.26 Å². The van der Waals surface area contributed by atoms with Crippen molar-refractivity contribution in [2.75, 3.05) is 23.3 Å². The normalized spacial score (nSPS) is 13.4. The SMILES string of the molecule is N#Cc1ccccc1CN1CCN(c2nc(C(=O)Nc3ccccc3)co2)C1=O. The summed E-state index contributed by atoms with van der Waals surface area (Å²) in [6.07, 6.45) is 1.23. The zero-order chi connectivity index (χ0) is 20.2. The number of nitrogens with zero attached hydrogens (tertiary/aromatic N) is 4. The number of nitriles is 1. The fourth-order valence-electron chi connectivity index (χ4n) is 3.09. The standard InChI is InChI=1S/C21H17N5O3/c22-12-15-6-4-5-7-16(15)13-25-10-11-26(21(25)28)20-24-18(14-29-20)19(27)23-17-8-2-1-3-9-17/h1-9,14H,10-11,13H2,(H,23,27). The highest BCUT2D eigenvalue weighted by molar-refractivity contribution is 6.03. The van der Waals surface area contributed by atoms with Gasteiger partial charge >= 0.3 is 12.0 Å². The predicted octanol–water partition coefficient (Wildman–Crippen LogP) is 3.24. The molecule has 0 saturated carbocycles. The molecule has 29 heavy (non-hydrogen) atoms. The molecule has 2 heterocycles. The van der Waals surface area contributed by atoms with Gasteiger partial charge in [0, 0.05) is 25.3 Å². The summed E-state index contributed by atoms with van der Waals surface area (Å²) in [5.74, 6) is -0.419. The van der Waals surface area contributed by atoms with Crippen molar-refractivity contribution in [3.63, 3.8) is 0 Å². The van der Waals surface area contributed by atoms with Gasteiger partial charge in [0.25, 0.3) is 5.91 Å². The number of para-hydroxylation sites is 1. The molecule has 0 atom stereocenters. The lowest BCUT2D eigenvalue weighted by Gasteiger charge is -2.17. The van der Waals surface area contributed by atoms with Gasteiger partial charge in [-0.25, -0.2) is 9.69 Å². The Kier molecular flexibility index (Phi) is 4.95. The molecule has 0 bridgehead atoms. The van der Waals surface area contributed by atoms with Gasteiger partial charge in [-0.15, -0.1) is 0 Å². The first-order chi connectivity index (χ1) is 14.2. The van der Waals surface area contributed by atoms with E-state index < -0.39 is 5.91 Å². The fraction of sp³-hybridized carbons (Fsp3) is 0.143. The number of carbonyl (C=O) groups is 2. The molecule has 4 rings (SSSR count). The van der Waals surface area contributed by atoms with E-state index >= 15 is 0 Å². The first kappa shape index (κ1) is 18.3. The van der Waals surface area contributed by atoms with Crippen molar-refractivity contribution in [3.8, 4) is 6.07 Å². The molecule has 0 aliphatic carbocycles. The van der Waals surface area contributed by atoms with Crippen LogP contribution < -0.4 is 10.2 Å². The largest absolute Gasteiger partial charge is 0.431 e. The van der Waals surface area contributed by atoms with Crippen LogP contribution in [0.15, 0.2) is 65.3 Å². The van der Waals surface area contributed by atoms with Crippen molar-refractivity contribution < 1.29 is 14.0 Å². The predicted molar refractivity (Wildman–Crippen MR) is 105 cm³/mol. The lowest BCUT2D eigenvalue weighted by atomic mass is 10.1. The number of hydrogen-bond donors (Lipinski definition) is 1. The zero-order valence-electron chi connectivity index (χ0n) is 15.4. The Morgan fingerprint density at radius 1 is 1.14 bits per heavy atom. The molecule has 1 aromatic heterocycles. The van der Waals surface area contributed by atoms with Gasteiger partial charge < -0.3 is 14.6 Å². The Morgan fingerprint density at radius 3 is 2.69 bits per heavy atom. The molecule has 1 N–H and O–H groups in total. The minimum Gasteiger partial charge on any atom is -0.431 e. The van der Waals surface area contributed by atoms with Gasteiger partial charge in [0.15, 0.2) is 5.69 Å². The summed E-state index contributed by atoms with van der Waals surface area (Å²) in [6.45, 7) is 1.17. The topological polar surface area (TPSA) is 102 Å². The maximum absolute atomic E-state index is 12.7. The Morgan fingerprint density at radius 2 is 1.90 bits per heavy atom. The Bertz CT molecular complexity index is 1090. The highest BCUT2D eigenvalue weighted by atomic mass is 16.4. The third-order valence-electron chi connectivity index (χ3n) is 4.58. The maximum Gasteiger partial charge on any atom is 0.328 e. The quantitative estimate of drug-likeness (QED) is 0.724. The molecule has 1 fully saturated rings. The Labute approximate surface area is 167 Å². The molecule has 1 aliphatic heterocycles. The molecule has 3 aromatic rings. The summed E-state index contributed by atoms with van der Waals surface area (Å²) in [7, 11) is 0. The lowest BCUT2D eigenvalue weighted by Crippen LogP contribution is -2.31. The van der Waals surface area contributed by atoms with Crippen LogP contribution in [0.1, 0.15) is 21.6 Å². The number of hydrogen-bond acceptors (Lipinski definition) is 5. The van der Waals surface area contributed by atoms with Crippen LogP contribution in [0.5, 0.6) is 0 Å². The summed E-state index contributed by atoms with van der Waals surface area (Å²) >= 11 is 0. The molecule has 1 aliphatic rings. The van der Waals surface area contributed by atoms with E-state index in [0.717, 1.165) is 5.56 Å². The summed E-state index contributed by atoms with van der Waals surface area (Å²) in [5.41, 5.74) is 2.04. The van der Waals surface area contributed by atoms with Crippen molar-refractivity contribution >= 4 is 23.6 Å². The van der Waals surface area contributed by atoms with Gasteiger partial charge in [-0.2, -0.15) is 10.2 Å². The molecule has 0 radical (unpaired) electrons. The fourth-order valence-corrected chi connectivity index (χ4v) is 3.09. The number of anilines is 2. The summed E-state index contributed by atoms with van der Waals surface area (Å²) in [5, 5.41) is 11.9. The third kappa shape index (κ3) is 3.80. The first-order valence-electron chi connectivity index (χ1n) is 9.02. The zero-order valence-corrected chi connectivity index (χ0v) is 15.4. The molecule has 8 heteroatoms. The van der Waals surface area contributed by atoms with Crippen LogP contribution in [0.2, 0.25) is 0 Å². The van der Waals surface area contributed by atoms with Gasteiger partial charge in [-0.3, -0.25) is 4.79 Å². The number of oxazole rings is 1. The van der Waals surface area contributed by atoms with E-state index in [9.17, 15) is 14.9 Å². The molecular formula is C21H17N5O3. The van der Waals surface area contributed by atoms with E-state index in [1.54, 1.807) is 29.2 Å².